The van der Waals surface area contributed by atoms with E-state index in [9.17, 15) is 9.59 Å². The van der Waals surface area contributed by atoms with Crippen molar-refractivity contribution in [1.82, 2.24) is 4.98 Å². The van der Waals surface area contributed by atoms with Gasteiger partial charge in [-0.05, 0) is 12.1 Å². The molecule has 0 aromatic carbocycles. The van der Waals surface area contributed by atoms with E-state index in [1.54, 1.807) is 12.1 Å². The Balaban J connectivity index is 2.19. The van der Waals surface area contributed by atoms with E-state index in [-0.39, 0.29) is 18.4 Å². The fourth-order valence-corrected chi connectivity index (χ4v) is 1.34. The van der Waals surface area contributed by atoms with E-state index < -0.39 is 5.41 Å². The molecule has 6 nitrogen and oxygen atoms in total. The molecule has 2 heterocycles. The molecule has 1 aromatic heterocycles. The Morgan fingerprint density at radius 3 is 2.83 bits per heavy atom. The smallest absolute Gasteiger partial charge is 0.263 e. The summed E-state index contributed by atoms with van der Waals surface area (Å²) in [5.74, 6) is 0.827. The van der Waals surface area contributed by atoms with Gasteiger partial charge in [0.1, 0.15) is 5.82 Å². The zero-order valence-electron chi connectivity index (χ0n) is 10.5. The normalized spacial score (nSPS) is 14.3. The number of carbonyl (C=O) groups excluding carboxylic acids is 2. The summed E-state index contributed by atoms with van der Waals surface area (Å²) in [7, 11) is 0. The zero-order valence-corrected chi connectivity index (χ0v) is 10.5. The summed E-state index contributed by atoms with van der Waals surface area (Å²) in [5.41, 5.74) is -0.503. The van der Waals surface area contributed by atoms with E-state index in [1.165, 1.54) is 0 Å². The van der Waals surface area contributed by atoms with E-state index >= 15 is 0 Å². The van der Waals surface area contributed by atoms with Gasteiger partial charge in [0.25, 0.3) is 5.91 Å². The van der Waals surface area contributed by atoms with E-state index in [1.807, 2.05) is 20.8 Å². The Labute approximate surface area is 105 Å². The predicted octanol–water partition coefficient (Wildman–Crippen LogP) is 1.40. The lowest BCUT2D eigenvalue weighted by Crippen LogP contribution is -2.29. The Morgan fingerprint density at radius 1 is 1.44 bits per heavy atom. The molecule has 96 valence electrons. The van der Waals surface area contributed by atoms with Crippen molar-refractivity contribution < 1.29 is 14.3 Å². The molecule has 0 spiro atoms. The average Bonchev–Trinajstić information content (AvgIpc) is 2.27. The molecule has 1 aliphatic rings. The Bertz CT molecular complexity index is 506. The Kier molecular flexibility index (Phi) is 2.94. The van der Waals surface area contributed by atoms with Crippen LogP contribution in [-0.4, -0.2) is 23.4 Å². The minimum atomic E-state index is -0.503. The van der Waals surface area contributed by atoms with Crippen LogP contribution in [0.2, 0.25) is 0 Å². The van der Waals surface area contributed by atoms with Crippen molar-refractivity contribution in [3.8, 4) is 5.75 Å². The second-order valence-corrected chi connectivity index (χ2v) is 5.08. The van der Waals surface area contributed by atoms with Gasteiger partial charge in [-0.1, -0.05) is 20.8 Å². The molecule has 0 saturated carbocycles. The van der Waals surface area contributed by atoms with Crippen molar-refractivity contribution >= 4 is 23.5 Å². The van der Waals surface area contributed by atoms with Crippen LogP contribution in [0.25, 0.3) is 0 Å². The molecule has 2 N–H and O–H groups in total. The highest BCUT2D eigenvalue weighted by molar-refractivity contribution is 5.96. The largest absolute Gasteiger partial charge is 0.480 e. The van der Waals surface area contributed by atoms with Gasteiger partial charge >= 0.3 is 0 Å². The third-order valence-corrected chi connectivity index (χ3v) is 2.40. The van der Waals surface area contributed by atoms with Crippen molar-refractivity contribution in [3.05, 3.63) is 12.1 Å². The van der Waals surface area contributed by atoms with Gasteiger partial charge in [0, 0.05) is 5.41 Å². The fraction of sp³-hybridized carbons (Fsp3) is 0.417. The average molecular weight is 249 g/mol. The molecule has 0 fully saturated rings. The number of fused-ring (bicyclic) bond motifs is 1. The van der Waals surface area contributed by atoms with Gasteiger partial charge < -0.3 is 15.4 Å². The van der Waals surface area contributed by atoms with Crippen LogP contribution >= 0.6 is 0 Å². The number of nitrogens with zero attached hydrogens (tertiary/aromatic N) is 1. The Hall–Kier alpha value is -2.11. The number of ether oxygens (including phenoxy) is 1. The van der Waals surface area contributed by atoms with Gasteiger partial charge in [-0.15, -0.1) is 0 Å². The summed E-state index contributed by atoms with van der Waals surface area (Å²) in [6.07, 6.45) is 0. The van der Waals surface area contributed by atoms with E-state index in [4.69, 9.17) is 4.74 Å². The lowest BCUT2D eigenvalue weighted by Gasteiger charge is -2.20. The van der Waals surface area contributed by atoms with Gasteiger partial charge in [-0.25, -0.2) is 4.98 Å². The highest BCUT2D eigenvalue weighted by Gasteiger charge is 2.23. The van der Waals surface area contributed by atoms with Crippen molar-refractivity contribution in [2.75, 3.05) is 17.2 Å². The number of anilines is 2. The van der Waals surface area contributed by atoms with Gasteiger partial charge in [0.2, 0.25) is 5.91 Å². The SMILES string of the molecule is CC(C)(C)C(=O)Nc1ccc2c(n1)NC(=O)CO2. The van der Waals surface area contributed by atoms with Crippen molar-refractivity contribution in [3.63, 3.8) is 0 Å². The maximum absolute atomic E-state index is 11.8. The molecule has 6 heteroatoms. The first-order valence-electron chi connectivity index (χ1n) is 5.61. The molecular weight excluding hydrogens is 234 g/mol. The first-order chi connectivity index (χ1) is 8.36. The number of hydrogen-bond acceptors (Lipinski definition) is 4. The first kappa shape index (κ1) is 12.3. The second kappa shape index (κ2) is 4.29. The molecule has 0 bridgehead atoms. The number of rotatable bonds is 1. The van der Waals surface area contributed by atoms with Gasteiger partial charge in [-0.2, -0.15) is 0 Å². The quantitative estimate of drug-likeness (QED) is 0.788. The minimum Gasteiger partial charge on any atom is -0.480 e. The molecular formula is C12H15N3O3. The molecule has 2 rings (SSSR count). The van der Waals surface area contributed by atoms with Gasteiger partial charge in [0.15, 0.2) is 18.2 Å². The van der Waals surface area contributed by atoms with Crippen LogP contribution in [0.15, 0.2) is 12.1 Å². The van der Waals surface area contributed by atoms with E-state index in [0.29, 0.717) is 17.4 Å². The second-order valence-electron chi connectivity index (χ2n) is 5.08. The molecule has 0 radical (unpaired) electrons. The third-order valence-electron chi connectivity index (χ3n) is 2.40. The Morgan fingerprint density at radius 2 is 2.17 bits per heavy atom. The first-order valence-corrected chi connectivity index (χ1v) is 5.61. The highest BCUT2D eigenvalue weighted by Crippen LogP contribution is 2.27. The molecule has 0 saturated heterocycles. The molecule has 1 aromatic rings. The van der Waals surface area contributed by atoms with Gasteiger partial charge in [0.05, 0.1) is 0 Å². The monoisotopic (exact) mass is 249 g/mol. The van der Waals surface area contributed by atoms with Crippen LogP contribution in [0.1, 0.15) is 20.8 Å². The number of nitrogens with one attached hydrogen (secondary N) is 2. The number of amides is 2. The van der Waals surface area contributed by atoms with E-state index in [2.05, 4.69) is 15.6 Å². The predicted molar refractivity (Wildman–Crippen MR) is 66.4 cm³/mol. The zero-order chi connectivity index (χ0) is 13.3. The van der Waals surface area contributed by atoms with Crippen molar-refractivity contribution in [2.45, 2.75) is 20.8 Å². The molecule has 2 amide bonds. The van der Waals surface area contributed by atoms with Crippen LogP contribution in [0.4, 0.5) is 11.6 Å². The molecule has 1 aliphatic heterocycles. The lowest BCUT2D eigenvalue weighted by molar-refractivity contribution is -0.123. The number of aromatic nitrogens is 1. The maximum Gasteiger partial charge on any atom is 0.263 e. The van der Waals surface area contributed by atoms with Crippen LogP contribution in [-0.2, 0) is 9.59 Å². The van der Waals surface area contributed by atoms with E-state index in [0.717, 1.165) is 0 Å². The number of pyridine rings is 1. The summed E-state index contributed by atoms with van der Waals surface area (Å²) in [5, 5.41) is 5.28. The molecule has 18 heavy (non-hydrogen) atoms. The van der Waals surface area contributed by atoms with Gasteiger partial charge in [-0.3, -0.25) is 9.59 Å². The summed E-state index contributed by atoms with van der Waals surface area (Å²) >= 11 is 0. The van der Waals surface area contributed by atoms with Crippen LogP contribution in [0, 0.1) is 5.41 Å². The maximum atomic E-state index is 11.8. The minimum absolute atomic E-state index is 0.0115. The lowest BCUT2D eigenvalue weighted by atomic mass is 9.96. The summed E-state index contributed by atoms with van der Waals surface area (Å²) in [6, 6.07) is 3.31. The molecule has 0 unspecified atom stereocenters. The molecule has 0 atom stereocenters. The van der Waals surface area contributed by atoms with Crippen LogP contribution in [0.5, 0.6) is 5.75 Å². The van der Waals surface area contributed by atoms with Crippen LogP contribution in [0.3, 0.4) is 0 Å². The highest BCUT2D eigenvalue weighted by atomic mass is 16.5. The summed E-state index contributed by atoms with van der Waals surface area (Å²) in [4.78, 5) is 27.1. The van der Waals surface area contributed by atoms with Crippen molar-refractivity contribution in [1.29, 1.82) is 0 Å². The summed E-state index contributed by atoms with van der Waals surface area (Å²) < 4.78 is 5.18. The van der Waals surface area contributed by atoms with Crippen LogP contribution < -0.4 is 15.4 Å². The molecule has 0 aliphatic carbocycles. The third kappa shape index (κ3) is 2.58. The van der Waals surface area contributed by atoms with Crippen molar-refractivity contribution in [2.24, 2.45) is 5.41 Å². The summed E-state index contributed by atoms with van der Waals surface area (Å²) in [6.45, 7) is 5.42. The number of carbonyl (C=O) groups is 2. The standard InChI is InChI=1S/C12H15N3O3/c1-12(2,3)11(17)14-8-5-4-7-10(13-8)15-9(16)6-18-7/h4-5H,6H2,1-3H3,(H2,13,14,15,16,17). The number of hydrogen-bond donors (Lipinski definition) is 2. The topological polar surface area (TPSA) is 80.3 Å². The fourth-order valence-electron chi connectivity index (χ4n) is 1.34.